The molecule has 0 heterocycles. The molecule has 4 nitrogen and oxygen atoms in total. The first-order valence-electron chi connectivity index (χ1n) is 6.94. The summed E-state index contributed by atoms with van der Waals surface area (Å²) in [6, 6.07) is 13.2. The van der Waals surface area contributed by atoms with E-state index in [0.29, 0.717) is 10.6 Å². The summed E-state index contributed by atoms with van der Waals surface area (Å²) in [5, 5.41) is 0.682. The van der Waals surface area contributed by atoms with Crippen molar-refractivity contribution in [3.63, 3.8) is 0 Å². The lowest BCUT2D eigenvalue weighted by atomic mass is 10.2. The number of halogens is 1. The summed E-state index contributed by atoms with van der Waals surface area (Å²) in [6.45, 7) is 5.54. The van der Waals surface area contributed by atoms with E-state index >= 15 is 0 Å². The topological polar surface area (TPSA) is 46.6 Å². The van der Waals surface area contributed by atoms with Crippen LogP contribution >= 0.6 is 23.8 Å². The second-order valence-corrected chi connectivity index (χ2v) is 7.85. The zero-order valence-electron chi connectivity index (χ0n) is 13.2. The van der Waals surface area contributed by atoms with Crippen molar-refractivity contribution in [2.75, 3.05) is 7.05 Å². The Labute approximate surface area is 152 Å². The lowest BCUT2D eigenvalue weighted by Gasteiger charge is -2.21. The van der Waals surface area contributed by atoms with Crippen molar-refractivity contribution in [1.82, 2.24) is 4.31 Å². The van der Waals surface area contributed by atoms with Gasteiger partial charge in [-0.15, -0.1) is 0 Å². The predicted octanol–water partition coefficient (Wildman–Crippen LogP) is 4.13. The van der Waals surface area contributed by atoms with E-state index < -0.39 is 10.0 Å². The Morgan fingerprint density at radius 1 is 1.12 bits per heavy atom. The molecule has 2 rings (SSSR count). The largest absolute Gasteiger partial charge is 0.429 e. The van der Waals surface area contributed by atoms with E-state index in [9.17, 15) is 8.42 Å². The highest BCUT2D eigenvalue weighted by Gasteiger charge is 2.23. The molecule has 2 aromatic carbocycles. The van der Waals surface area contributed by atoms with Crippen molar-refractivity contribution in [2.24, 2.45) is 0 Å². The van der Waals surface area contributed by atoms with Crippen LogP contribution in [0.15, 0.2) is 65.9 Å². The van der Waals surface area contributed by atoms with Gasteiger partial charge in [-0.25, -0.2) is 12.7 Å². The molecule has 0 N–H and O–H groups in total. The van der Waals surface area contributed by atoms with E-state index in [0.717, 1.165) is 9.87 Å². The number of sulfonamides is 1. The van der Waals surface area contributed by atoms with E-state index in [4.69, 9.17) is 28.6 Å². The van der Waals surface area contributed by atoms with E-state index in [1.165, 1.54) is 19.2 Å². The minimum atomic E-state index is -3.76. The quantitative estimate of drug-likeness (QED) is 0.577. The first-order chi connectivity index (χ1) is 11.2. The number of rotatable bonds is 5. The van der Waals surface area contributed by atoms with Gasteiger partial charge in [-0.3, -0.25) is 0 Å². The SMILES string of the molecule is C=C(OC(=S)c1ccc(Cl)cc1)N(C)S(=O)(=O)c1ccc(C)cc1. The Bertz CT molecular complexity index is 860. The Hall–Kier alpha value is -1.89. The van der Waals surface area contributed by atoms with Gasteiger partial charge in [0, 0.05) is 17.6 Å². The van der Waals surface area contributed by atoms with Gasteiger partial charge in [-0.1, -0.05) is 29.3 Å². The molecule has 0 atom stereocenters. The van der Waals surface area contributed by atoms with Crippen LogP contribution in [0.5, 0.6) is 0 Å². The predicted molar refractivity (Wildman–Crippen MR) is 99.5 cm³/mol. The van der Waals surface area contributed by atoms with Crippen LogP contribution < -0.4 is 0 Å². The van der Waals surface area contributed by atoms with E-state index in [1.807, 2.05) is 6.92 Å². The van der Waals surface area contributed by atoms with Crippen LogP contribution in [0.25, 0.3) is 0 Å². The molecule has 0 radical (unpaired) electrons. The van der Waals surface area contributed by atoms with Crippen LogP contribution in [0.4, 0.5) is 0 Å². The van der Waals surface area contributed by atoms with Crippen molar-refractivity contribution in [3.05, 3.63) is 77.1 Å². The third-order valence-electron chi connectivity index (χ3n) is 3.32. The number of hydrogen-bond donors (Lipinski definition) is 0. The van der Waals surface area contributed by atoms with Crippen LogP contribution in [0.2, 0.25) is 5.02 Å². The normalized spacial score (nSPS) is 11.0. The summed E-state index contributed by atoms with van der Waals surface area (Å²) in [4.78, 5) is 0.151. The molecule has 0 saturated heterocycles. The number of nitrogens with zero attached hydrogens (tertiary/aromatic N) is 1. The van der Waals surface area contributed by atoms with E-state index in [-0.39, 0.29) is 15.8 Å². The minimum Gasteiger partial charge on any atom is -0.429 e. The average Bonchev–Trinajstić information content (AvgIpc) is 2.55. The van der Waals surface area contributed by atoms with Crippen molar-refractivity contribution < 1.29 is 13.2 Å². The fourth-order valence-corrected chi connectivity index (χ4v) is 3.28. The van der Waals surface area contributed by atoms with Crippen LogP contribution in [0.3, 0.4) is 0 Å². The first kappa shape index (κ1) is 18.4. The van der Waals surface area contributed by atoms with Gasteiger partial charge in [0.05, 0.1) is 4.90 Å². The maximum Gasteiger partial charge on any atom is 0.266 e. The molecule has 0 spiro atoms. The molecule has 0 aliphatic carbocycles. The van der Waals surface area contributed by atoms with E-state index in [1.54, 1.807) is 36.4 Å². The van der Waals surface area contributed by atoms with Gasteiger partial charge in [-0.05, 0) is 62.1 Å². The maximum atomic E-state index is 12.6. The van der Waals surface area contributed by atoms with Crippen LogP contribution in [-0.4, -0.2) is 24.8 Å². The molecule has 0 bridgehead atoms. The zero-order chi connectivity index (χ0) is 17.9. The number of benzene rings is 2. The standard InChI is InChI=1S/C17H16ClNO3S2/c1-12-4-10-16(11-5-12)24(20,21)19(3)13(2)22-17(23)14-6-8-15(18)9-7-14/h4-11H,2H2,1,3H3. The van der Waals surface area contributed by atoms with Crippen LogP contribution in [-0.2, 0) is 14.8 Å². The summed E-state index contributed by atoms with van der Waals surface area (Å²) in [6.07, 6.45) is 0. The summed E-state index contributed by atoms with van der Waals surface area (Å²) >= 11 is 11.0. The summed E-state index contributed by atoms with van der Waals surface area (Å²) in [5.74, 6) is -0.0875. The Morgan fingerprint density at radius 2 is 1.67 bits per heavy atom. The minimum absolute atomic E-state index is 0.0875. The molecule has 126 valence electrons. The summed E-state index contributed by atoms with van der Waals surface area (Å²) < 4.78 is 31.5. The van der Waals surface area contributed by atoms with Crippen molar-refractivity contribution >= 4 is 38.9 Å². The first-order valence-corrected chi connectivity index (χ1v) is 9.16. The van der Waals surface area contributed by atoms with Gasteiger partial charge in [0.2, 0.25) is 5.88 Å². The molecular weight excluding hydrogens is 366 g/mol. The molecule has 0 aliphatic rings. The number of thiocarbonyl (C=S) groups is 1. The maximum absolute atomic E-state index is 12.6. The van der Waals surface area contributed by atoms with Crippen molar-refractivity contribution in [3.8, 4) is 0 Å². The number of ether oxygens (including phenoxy) is 1. The second kappa shape index (κ2) is 7.34. The Morgan fingerprint density at radius 3 is 2.21 bits per heavy atom. The third kappa shape index (κ3) is 4.14. The fourth-order valence-electron chi connectivity index (χ4n) is 1.82. The highest BCUT2D eigenvalue weighted by Crippen LogP contribution is 2.20. The highest BCUT2D eigenvalue weighted by molar-refractivity contribution is 7.89. The zero-order valence-corrected chi connectivity index (χ0v) is 15.6. The van der Waals surface area contributed by atoms with Crippen LogP contribution in [0.1, 0.15) is 11.1 Å². The lowest BCUT2D eigenvalue weighted by Crippen LogP contribution is -2.28. The van der Waals surface area contributed by atoms with Gasteiger partial charge < -0.3 is 4.74 Å². The third-order valence-corrected chi connectivity index (χ3v) is 5.68. The molecular formula is C17H16ClNO3S2. The average molecular weight is 382 g/mol. The molecule has 2 aromatic rings. The molecule has 7 heteroatoms. The second-order valence-electron chi connectivity index (χ2n) is 5.08. The van der Waals surface area contributed by atoms with Crippen LogP contribution in [0, 0.1) is 6.92 Å². The molecule has 0 fully saturated rings. The molecule has 0 unspecified atom stereocenters. The fraction of sp³-hybridized carbons (Fsp3) is 0.118. The summed E-state index contributed by atoms with van der Waals surface area (Å²) in [5.41, 5.74) is 1.58. The van der Waals surface area contributed by atoms with Gasteiger partial charge in [0.15, 0.2) is 5.05 Å². The van der Waals surface area contributed by atoms with Gasteiger partial charge in [0.25, 0.3) is 10.0 Å². The molecule has 0 aliphatic heterocycles. The number of aryl methyl sites for hydroxylation is 1. The van der Waals surface area contributed by atoms with Crippen molar-refractivity contribution in [2.45, 2.75) is 11.8 Å². The van der Waals surface area contributed by atoms with Gasteiger partial charge >= 0.3 is 0 Å². The smallest absolute Gasteiger partial charge is 0.266 e. The Balaban J connectivity index is 2.15. The van der Waals surface area contributed by atoms with Gasteiger partial charge in [0.1, 0.15) is 0 Å². The molecule has 24 heavy (non-hydrogen) atoms. The van der Waals surface area contributed by atoms with Gasteiger partial charge in [-0.2, -0.15) is 0 Å². The van der Waals surface area contributed by atoms with E-state index in [2.05, 4.69) is 6.58 Å². The monoisotopic (exact) mass is 381 g/mol. The summed E-state index contributed by atoms with van der Waals surface area (Å²) in [7, 11) is -2.40. The lowest BCUT2D eigenvalue weighted by molar-refractivity contribution is 0.322. The van der Waals surface area contributed by atoms with Crippen molar-refractivity contribution in [1.29, 1.82) is 0 Å². The molecule has 0 aromatic heterocycles. The Kier molecular flexibility index (Phi) is 5.64. The number of hydrogen-bond acceptors (Lipinski definition) is 4. The molecule has 0 amide bonds. The highest BCUT2D eigenvalue weighted by atomic mass is 35.5. The molecule has 0 saturated carbocycles.